The minimum absolute atomic E-state index is 0.116. The summed E-state index contributed by atoms with van der Waals surface area (Å²) in [5, 5.41) is 9.53. The third-order valence-electron chi connectivity index (χ3n) is 7.86. The van der Waals surface area contributed by atoms with Gasteiger partial charge < -0.3 is 9.30 Å². The number of benzene rings is 3. The van der Waals surface area contributed by atoms with Crippen LogP contribution in [0, 0.1) is 11.3 Å². The van der Waals surface area contributed by atoms with Crippen LogP contribution in [0.15, 0.2) is 71.5 Å². The van der Waals surface area contributed by atoms with Gasteiger partial charge in [-0.2, -0.15) is 10.2 Å². The number of aromatic nitrogens is 2. The fourth-order valence-electron chi connectivity index (χ4n) is 5.75. The van der Waals surface area contributed by atoms with Crippen LogP contribution in [0.4, 0.5) is 0 Å². The van der Waals surface area contributed by atoms with Crippen LogP contribution in [-0.2, 0) is 19.4 Å². The van der Waals surface area contributed by atoms with Gasteiger partial charge in [-0.1, -0.05) is 61.9 Å². The van der Waals surface area contributed by atoms with Gasteiger partial charge in [0.25, 0.3) is 5.56 Å². The van der Waals surface area contributed by atoms with Gasteiger partial charge in [-0.05, 0) is 72.2 Å². The second kappa shape index (κ2) is 10.5. The van der Waals surface area contributed by atoms with Crippen molar-refractivity contribution in [1.82, 2.24) is 9.55 Å². The molecule has 1 aliphatic heterocycles. The molecule has 196 valence electrons. The highest BCUT2D eigenvalue weighted by Crippen LogP contribution is 2.44. The predicted octanol–water partition coefficient (Wildman–Crippen LogP) is 7.04. The average Bonchev–Trinajstić information content (AvgIpc) is 3.72. The minimum Gasteiger partial charge on any atom is -0.490 e. The second-order valence-corrected chi connectivity index (χ2v) is 10.9. The molecule has 5 nitrogen and oxygen atoms in total. The number of rotatable bonds is 8. The molecule has 1 aromatic heterocycles. The van der Waals surface area contributed by atoms with E-state index in [1.807, 2.05) is 36.4 Å². The summed E-state index contributed by atoms with van der Waals surface area (Å²) in [5.74, 6) is 2.18. The van der Waals surface area contributed by atoms with E-state index in [0.717, 1.165) is 89.2 Å². The van der Waals surface area contributed by atoms with Gasteiger partial charge in [0.1, 0.15) is 17.7 Å². The van der Waals surface area contributed by atoms with Crippen molar-refractivity contribution in [2.75, 3.05) is 0 Å². The molecule has 1 saturated carbocycles. The van der Waals surface area contributed by atoms with Crippen molar-refractivity contribution in [3.8, 4) is 34.1 Å². The van der Waals surface area contributed by atoms with Crippen molar-refractivity contribution in [1.29, 1.82) is 5.26 Å². The number of nitriles is 1. The fourth-order valence-corrected chi connectivity index (χ4v) is 5.75. The summed E-state index contributed by atoms with van der Waals surface area (Å²) in [6.45, 7) is 4.91. The van der Waals surface area contributed by atoms with E-state index < -0.39 is 0 Å². The van der Waals surface area contributed by atoms with Crippen LogP contribution in [0.25, 0.3) is 22.3 Å². The van der Waals surface area contributed by atoms with Gasteiger partial charge >= 0.3 is 0 Å². The molecule has 4 aromatic rings. The summed E-state index contributed by atoms with van der Waals surface area (Å²) >= 11 is 0. The van der Waals surface area contributed by atoms with Crippen LogP contribution in [0.5, 0.6) is 5.75 Å². The van der Waals surface area contributed by atoms with Crippen LogP contribution in [-0.4, -0.2) is 15.7 Å². The zero-order chi connectivity index (χ0) is 26.9. The van der Waals surface area contributed by atoms with E-state index in [9.17, 15) is 10.1 Å². The monoisotopic (exact) mass is 515 g/mol. The van der Waals surface area contributed by atoms with Crippen LogP contribution in [0.2, 0.25) is 0 Å². The molecule has 39 heavy (non-hydrogen) atoms. The minimum atomic E-state index is -0.116. The zero-order valence-corrected chi connectivity index (χ0v) is 22.6. The molecule has 0 amide bonds. The molecule has 0 spiro atoms. The number of hydrogen-bond donors (Lipinski definition) is 0. The molecular weight excluding hydrogens is 482 g/mol. The number of unbranched alkanes of at least 4 members (excludes halogenated alkanes) is 1. The summed E-state index contributed by atoms with van der Waals surface area (Å²) in [6.07, 6.45) is 6.04. The van der Waals surface area contributed by atoms with E-state index in [1.54, 1.807) is 0 Å². The largest absolute Gasteiger partial charge is 0.490 e. The average molecular weight is 516 g/mol. The van der Waals surface area contributed by atoms with Gasteiger partial charge in [0, 0.05) is 31.0 Å². The van der Waals surface area contributed by atoms with E-state index >= 15 is 0 Å². The number of nitrogens with zero attached hydrogens (tertiary/aromatic N) is 3. The van der Waals surface area contributed by atoms with Crippen LogP contribution in [0.1, 0.15) is 73.7 Å². The number of fused-ring (bicyclic) bond motifs is 1. The third-order valence-corrected chi connectivity index (χ3v) is 7.86. The first kappa shape index (κ1) is 25.1. The number of ether oxygens (including phenoxy) is 1. The van der Waals surface area contributed by atoms with Gasteiger partial charge in [-0.15, -0.1) is 0 Å². The summed E-state index contributed by atoms with van der Waals surface area (Å²) in [4.78, 5) is 18.3. The lowest BCUT2D eigenvalue weighted by molar-refractivity contribution is 0.254. The molecular formula is C34H33N3O2. The second-order valence-electron chi connectivity index (χ2n) is 10.9. The highest BCUT2D eigenvalue weighted by Gasteiger charge is 2.33. The Kier molecular flexibility index (Phi) is 6.79. The van der Waals surface area contributed by atoms with Crippen LogP contribution < -0.4 is 10.3 Å². The van der Waals surface area contributed by atoms with Gasteiger partial charge in [-0.3, -0.25) is 4.79 Å². The van der Waals surface area contributed by atoms with Crippen molar-refractivity contribution in [2.45, 2.75) is 70.9 Å². The molecule has 1 aliphatic carbocycles. The van der Waals surface area contributed by atoms with Crippen molar-refractivity contribution in [3.05, 3.63) is 105 Å². The Balaban J connectivity index is 1.43. The van der Waals surface area contributed by atoms with E-state index in [2.05, 4.69) is 54.8 Å². The Morgan fingerprint density at radius 2 is 1.82 bits per heavy atom. The molecule has 1 fully saturated rings. The first-order valence-electron chi connectivity index (χ1n) is 14.1. The van der Waals surface area contributed by atoms with Gasteiger partial charge in [-0.25, -0.2) is 0 Å². The molecule has 0 radical (unpaired) electrons. The lowest BCUT2D eigenvalue weighted by Gasteiger charge is -2.21. The standard InChI is InChI=1S/C34H33N3O2/c1-3-4-9-31-36-34(38)32(26-16-17-30-28(19-26)18-22(2)39-30)33(25-14-15-25)37(31)21-23-10-12-24(13-11-23)29-8-6-5-7-27(29)20-35/h5-8,10-13,16-17,19,22,25H,3-4,9,14-15,18,21H2,1-2H3. The highest BCUT2D eigenvalue weighted by molar-refractivity contribution is 5.71. The lowest BCUT2D eigenvalue weighted by atomic mass is 9.97. The van der Waals surface area contributed by atoms with Crippen molar-refractivity contribution < 1.29 is 4.74 Å². The number of hydrogen-bond acceptors (Lipinski definition) is 4. The van der Waals surface area contributed by atoms with Crippen molar-refractivity contribution in [3.63, 3.8) is 0 Å². The Morgan fingerprint density at radius 1 is 1.05 bits per heavy atom. The molecule has 0 saturated heterocycles. The van der Waals surface area contributed by atoms with E-state index in [1.165, 1.54) is 0 Å². The highest BCUT2D eigenvalue weighted by atomic mass is 16.5. The fraction of sp³-hybridized carbons (Fsp3) is 0.324. The van der Waals surface area contributed by atoms with E-state index in [-0.39, 0.29) is 11.7 Å². The molecule has 2 aliphatic rings. The topological polar surface area (TPSA) is 67.9 Å². The smallest absolute Gasteiger partial charge is 0.281 e. The van der Waals surface area contributed by atoms with Gasteiger partial charge in [0.15, 0.2) is 0 Å². The Labute approximate surface area is 229 Å². The maximum absolute atomic E-state index is 13.6. The number of aryl methyl sites for hydroxylation is 1. The Morgan fingerprint density at radius 3 is 2.56 bits per heavy atom. The molecule has 0 bridgehead atoms. The normalized spacial score (nSPS) is 16.0. The van der Waals surface area contributed by atoms with Crippen LogP contribution >= 0.6 is 0 Å². The van der Waals surface area contributed by atoms with Crippen molar-refractivity contribution in [2.24, 2.45) is 0 Å². The molecule has 3 aromatic carbocycles. The maximum Gasteiger partial charge on any atom is 0.281 e. The maximum atomic E-state index is 13.6. The predicted molar refractivity (Wildman–Crippen MR) is 154 cm³/mol. The quantitative estimate of drug-likeness (QED) is 0.252. The SMILES string of the molecule is CCCCc1nc(=O)c(-c2ccc3c(c2)CC(C)O3)c(C2CC2)n1Cc1ccc(-c2ccccc2C#N)cc1. The molecule has 1 atom stereocenters. The summed E-state index contributed by atoms with van der Waals surface area (Å²) in [6, 6.07) is 24.6. The zero-order valence-electron chi connectivity index (χ0n) is 22.6. The van der Waals surface area contributed by atoms with Gasteiger partial charge in [0.05, 0.1) is 17.2 Å². The summed E-state index contributed by atoms with van der Waals surface area (Å²) in [7, 11) is 0. The van der Waals surface area contributed by atoms with Gasteiger partial charge in [0.2, 0.25) is 0 Å². The first-order valence-corrected chi connectivity index (χ1v) is 14.1. The molecule has 5 heteroatoms. The van der Waals surface area contributed by atoms with Crippen LogP contribution in [0.3, 0.4) is 0 Å². The first-order chi connectivity index (χ1) is 19.1. The van der Waals surface area contributed by atoms with Crippen molar-refractivity contribution >= 4 is 0 Å². The molecule has 0 N–H and O–H groups in total. The molecule has 6 rings (SSSR count). The molecule has 2 heterocycles. The lowest BCUT2D eigenvalue weighted by Crippen LogP contribution is -2.25. The van der Waals surface area contributed by atoms with E-state index in [0.29, 0.717) is 18.0 Å². The Hall–Kier alpha value is -4.17. The summed E-state index contributed by atoms with van der Waals surface area (Å²) in [5.41, 5.74) is 7.67. The summed E-state index contributed by atoms with van der Waals surface area (Å²) < 4.78 is 8.25. The molecule has 1 unspecified atom stereocenters. The Bertz CT molecular complexity index is 1620. The third kappa shape index (κ3) is 5.00. The van der Waals surface area contributed by atoms with E-state index in [4.69, 9.17) is 9.72 Å².